The van der Waals surface area contributed by atoms with E-state index in [1.54, 1.807) is 41.7 Å². The number of ketones is 1. The first kappa shape index (κ1) is 24.0. The summed E-state index contributed by atoms with van der Waals surface area (Å²) in [5.74, 6) is -0.955. The Bertz CT molecular complexity index is 1360. The number of fused-ring (bicyclic) bond motifs is 1. The zero-order valence-electron chi connectivity index (χ0n) is 20.7. The van der Waals surface area contributed by atoms with Crippen LogP contribution < -0.4 is 4.74 Å². The molecule has 0 unspecified atom stereocenters. The highest BCUT2D eigenvalue weighted by Crippen LogP contribution is 2.40. The molecule has 2 saturated heterocycles. The average molecular weight is 491 g/mol. The standard InChI is InChI=1S/C27H30N4O5/c1-17-6-5-9-30-22(18(2)28-26(17)30)24(32)21-23(19-7-4-8-20(16-19)35-3)31(27(34)25(21)33)11-10-29-12-14-36-15-13-29/h4-9,16,23,32H,10-15H2,1-3H3/t23-/m0/s1. The number of amides is 1. The van der Waals surface area contributed by atoms with Crippen LogP contribution in [0.2, 0.25) is 0 Å². The van der Waals surface area contributed by atoms with E-state index in [-0.39, 0.29) is 11.3 Å². The fraction of sp³-hybridized carbons (Fsp3) is 0.370. The molecule has 9 nitrogen and oxygen atoms in total. The molecule has 1 N–H and O–H groups in total. The number of carbonyl (C=O) groups is 2. The number of aliphatic hydroxyl groups excluding tert-OH is 1. The van der Waals surface area contributed by atoms with Crippen molar-refractivity contribution in [1.29, 1.82) is 0 Å². The quantitative estimate of drug-likeness (QED) is 0.322. The lowest BCUT2D eigenvalue weighted by atomic mass is 9.96. The number of hydrogen-bond acceptors (Lipinski definition) is 7. The number of aliphatic hydroxyl groups is 1. The molecule has 0 spiro atoms. The van der Waals surface area contributed by atoms with Gasteiger partial charge in [0.25, 0.3) is 11.7 Å². The summed E-state index contributed by atoms with van der Waals surface area (Å²) in [6.45, 7) is 7.50. The molecule has 2 fully saturated rings. The number of benzene rings is 1. The first-order valence-corrected chi connectivity index (χ1v) is 12.1. The van der Waals surface area contributed by atoms with Crippen LogP contribution in [0.4, 0.5) is 0 Å². The Morgan fingerprint density at radius 1 is 1.14 bits per heavy atom. The lowest BCUT2D eigenvalue weighted by Crippen LogP contribution is -2.42. The van der Waals surface area contributed by atoms with Gasteiger partial charge in [-0.05, 0) is 43.2 Å². The van der Waals surface area contributed by atoms with Gasteiger partial charge in [-0.3, -0.25) is 18.9 Å². The highest BCUT2D eigenvalue weighted by Gasteiger charge is 2.46. The molecular formula is C27H30N4O5. The van der Waals surface area contributed by atoms with Crippen molar-refractivity contribution in [2.75, 3.05) is 46.5 Å². The predicted octanol–water partition coefficient (Wildman–Crippen LogP) is 2.71. The smallest absolute Gasteiger partial charge is 0.295 e. The highest BCUT2D eigenvalue weighted by molar-refractivity contribution is 6.46. The molecule has 5 rings (SSSR count). The number of rotatable bonds is 6. The fourth-order valence-corrected chi connectivity index (χ4v) is 5.07. The second kappa shape index (κ2) is 9.75. The molecule has 1 atom stereocenters. The molecule has 9 heteroatoms. The van der Waals surface area contributed by atoms with Gasteiger partial charge >= 0.3 is 0 Å². The molecule has 4 heterocycles. The summed E-state index contributed by atoms with van der Waals surface area (Å²) in [6, 6.07) is 10.3. The SMILES string of the molecule is COc1cccc([C@H]2C(=C(O)c3c(C)nc4c(C)cccn34)C(=O)C(=O)N2CCN2CCOCC2)c1. The van der Waals surface area contributed by atoms with E-state index in [0.29, 0.717) is 54.7 Å². The molecule has 188 valence electrons. The fourth-order valence-electron chi connectivity index (χ4n) is 5.07. The van der Waals surface area contributed by atoms with E-state index in [1.165, 1.54) is 0 Å². The molecular weight excluding hydrogens is 460 g/mol. The summed E-state index contributed by atoms with van der Waals surface area (Å²) >= 11 is 0. The van der Waals surface area contributed by atoms with E-state index in [1.807, 2.05) is 31.2 Å². The number of imidazole rings is 1. The minimum atomic E-state index is -0.754. The van der Waals surface area contributed by atoms with Crippen LogP contribution in [-0.4, -0.2) is 82.5 Å². The van der Waals surface area contributed by atoms with Crippen LogP contribution >= 0.6 is 0 Å². The normalized spacial score (nSPS) is 20.4. The minimum absolute atomic E-state index is 0.0571. The van der Waals surface area contributed by atoms with Crippen LogP contribution in [0, 0.1) is 13.8 Å². The van der Waals surface area contributed by atoms with Crippen molar-refractivity contribution in [1.82, 2.24) is 19.2 Å². The maximum Gasteiger partial charge on any atom is 0.295 e. The Labute approximate surface area is 209 Å². The van der Waals surface area contributed by atoms with Crippen LogP contribution in [0.3, 0.4) is 0 Å². The summed E-state index contributed by atoms with van der Waals surface area (Å²) in [5, 5.41) is 11.6. The highest BCUT2D eigenvalue weighted by atomic mass is 16.5. The van der Waals surface area contributed by atoms with Crippen molar-refractivity contribution in [2.24, 2.45) is 0 Å². The zero-order chi connectivity index (χ0) is 25.4. The van der Waals surface area contributed by atoms with Gasteiger partial charge in [0.05, 0.1) is 37.6 Å². The predicted molar refractivity (Wildman–Crippen MR) is 134 cm³/mol. The molecule has 3 aromatic rings. The number of morpholine rings is 1. The summed E-state index contributed by atoms with van der Waals surface area (Å²) in [5.41, 5.74) is 3.37. The molecule has 1 aromatic carbocycles. The molecule has 1 amide bonds. The van der Waals surface area contributed by atoms with E-state index in [9.17, 15) is 14.7 Å². The molecule has 0 saturated carbocycles. The number of Topliss-reactive ketones (excluding diaryl/α,β-unsaturated/α-hetero) is 1. The van der Waals surface area contributed by atoms with Crippen molar-refractivity contribution in [3.05, 3.63) is 70.7 Å². The van der Waals surface area contributed by atoms with Crippen LogP contribution in [0.1, 0.15) is 28.6 Å². The third-order valence-electron chi connectivity index (χ3n) is 6.95. The molecule has 2 aliphatic rings. The van der Waals surface area contributed by atoms with Crippen molar-refractivity contribution in [3.8, 4) is 5.75 Å². The van der Waals surface area contributed by atoms with Gasteiger partial charge in [0.15, 0.2) is 5.76 Å². The third-order valence-corrected chi connectivity index (χ3v) is 6.95. The van der Waals surface area contributed by atoms with E-state index in [4.69, 9.17) is 9.47 Å². The Kier molecular flexibility index (Phi) is 6.51. The van der Waals surface area contributed by atoms with Gasteiger partial charge in [0.2, 0.25) is 0 Å². The first-order chi connectivity index (χ1) is 17.4. The molecule has 2 aromatic heterocycles. The molecule has 0 radical (unpaired) electrons. The third kappa shape index (κ3) is 4.14. The van der Waals surface area contributed by atoms with E-state index < -0.39 is 17.7 Å². The van der Waals surface area contributed by atoms with Crippen molar-refractivity contribution < 1.29 is 24.2 Å². The van der Waals surface area contributed by atoms with Crippen molar-refractivity contribution >= 4 is 23.1 Å². The summed E-state index contributed by atoms with van der Waals surface area (Å²) in [4.78, 5) is 35.2. The van der Waals surface area contributed by atoms with Crippen LogP contribution in [0.25, 0.3) is 11.4 Å². The summed E-state index contributed by atoms with van der Waals surface area (Å²) < 4.78 is 12.6. The maximum absolute atomic E-state index is 13.5. The first-order valence-electron chi connectivity index (χ1n) is 12.1. The maximum atomic E-state index is 13.5. The monoisotopic (exact) mass is 490 g/mol. The molecule has 0 bridgehead atoms. The Hall–Kier alpha value is -3.69. The number of carbonyl (C=O) groups excluding carboxylic acids is 2. The van der Waals surface area contributed by atoms with E-state index in [2.05, 4.69) is 9.88 Å². The number of hydrogen-bond donors (Lipinski definition) is 1. The second-order valence-corrected chi connectivity index (χ2v) is 9.15. The Morgan fingerprint density at radius 2 is 1.92 bits per heavy atom. The van der Waals surface area contributed by atoms with E-state index >= 15 is 0 Å². The van der Waals surface area contributed by atoms with Gasteiger partial charge in [-0.2, -0.15) is 0 Å². The lowest BCUT2D eigenvalue weighted by Gasteiger charge is -2.31. The van der Waals surface area contributed by atoms with Gasteiger partial charge in [-0.1, -0.05) is 18.2 Å². The van der Waals surface area contributed by atoms with Gasteiger partial charge in [0.1, 0.15) is 17.1 Å². The largest absolute Gasteiger partial charge is 0.505 e. The van der Waals surface area contributed by atoms with Crippen molar-refractivity contribution in [3.63, 3.8) is 0 Å². The lowest BCUT2D eigenvalue weighted by molar-refractivity contribution is -0.140. The Balaban J connectivity index is 1.63. The van der Waals surface area contributed by atoms with Gasteiger partial charge in [-0.15, -0.1) is 0 Å². The van der Waals surface area contributed by atoms with E-state index in [0.717, 1.165) is 18.7 Å². The Morgan fingerprint density at radius 3 is 2.67 bits per heavy atom. The number of aromatic nitrogens is 2. The van der Waals surface area contributed by atoms with Crippen LogP contribution in [0.5, 0.6) is 5.75 Å². The molecule has 0 aliphatic carbocycles. The summed E-state index contributed by atoms with van der Waals surface area (Å²) in [6.07, 6.45) is 1.80. The average Bonchev–Trinajstić information content (AvgIpc) is 3.37. The number of methoxy groups -OCH3 is 1. The summed E-state index contributed by atoms with van der Waals surface area (Å²) in [7, 11) is 1.57. The van der Waals surface area contributed by atoms with Crippen LogP contribution in [0.15, 0.2) is 48.2 Å². The van der Waals surface area contributed by atoms with Crippen LogP contribution in [-0.2, 0) is 14.3 Å². The number of ether oxygens (including phenoxy) is 2. The second-order valence-electron chi connectivity index (χ2n) is 9.15. The molecule has 36 heavy (non-hydrogen) atoms. The van der Waals surface area contributed by atoms with Gasteiger partial charge in [-0.25, -0.2) is 4.98 Å². The minimum Gasteiger partial charge on any atom is -0.505 e. The number of likely N-dealkylation sites (tertiary alicyclic amines) is 1. The molecule has 2 aliphatic heterocycles. The van der Waals surface area contributed by atoms with Gasteiger partial charge < -0.3 is 19.5 Å². The number of pyridine rings is 1. The zero-order valence-corrected chi connectivity index (χ0v) is 20.7. The van der Waals surface area contributed by atoms with Crippen molar-refractivity contribution in [2.45, 2.75) is 19.9 Å². The number of aryl methyl sites for hydroxylation is 2. The van der Waals surface area contributed by atoms with Gasteiger partial charge in [0, 0.05) is 32.4 Å². The number of nitrogens with zero attached hydrogens (tertiary/aromatic N) is 4. The topological polar surface area (TPSA) is 96.6 Å².